The molecule has 0 spiro atoms. The van der Waals surface area contributed by atoms with Gasteiger partial charge in [-0.25, -0.2) is 10.2 Å². The minimum Gasteiger partial charge on any atom is -0.482 e. The van der Waals surface area contributed by atoms with Crippen LogP contribution in [-0.2, 0) is 19.9 Å². The molecule has 0 atom stereocenters. The predicted molar refractivity (Wildman–Crippen MR) is 120 cm³/mol. The van der Waals surface area contributed by atoms with Crippen molar-refractivity contribution in [1.82, 2.24) is 5.43 Å². The van der Waals surface area contributed by atoms with E-state index in [-0.39, 0.29) is 6.61 Å². The zero-order valence-electron chi connectivity index (χ0n) is 17.6. The Bertz CT molecular complexity index is 1010. The molecule has 3 aromatic carbocycles. The Balaban J connectivity index is 1.68. The summed E-state index contributed by atoms with van der Waals surface area (Å²) >= 11 is 0. The van der Waals surface area contributed by atoms with Crippen LogP contribution in [0.15, 0.2) is 90.0 Å². The second kappa shape index (κ2) is 10.9. The van der Waals surface area contributed by atoms with Crippen molar-refractivity contribution in [2.45, 2.75) is 12.5 Å². The number of hydrogen-bond acceptors (Lipinski definition) is 6. The van der Waals surface area contributed by atoms with E-state index in [2.05, 4.69) is 10.5 Å². The summed E-state index contributed by atoms with van der Waals surface area (Å²) in [6.45, 7) is 1.85. The van der Waals surface area contributed by atoms with Crippen molar-refractivity contribution in [3.8, 4) is 5.75 Å². The molecule has 2 N–H and O–H groups in total. The van der Waals surface area contributed by atoms with Gasteiger partial charge in [-0.15, -0.1) is 0 Å². The van der Waals surface area contributed by atoms with Gasteiger partial charge in [0.1, 0.15) is 5.75 Å². The Morgan fingerprint density at radius 3 is 2.03 bits per heavy atom. The van der Waals surface area contributed by atoms with Crippen LogP contribution in [0.3, 0.4) is 0 Å². The highest BCUT2D eigenvalue weighted by Crippen LogP contribution is 2.29. The average molecular weight is 432 g/mol. The van der Waals surface area contributed by atoms with Gasteiger partial charge >= 0.3 is 5.97 Å². The first-order valence-corrected chi connectivity index (χ1v) is 10.1. The van der Waals surface area contributed by atoms with E-state index < -0.39 is 17.5 Å². The number of esters is 1. The molecule has 3 aromatic rings. The van der Waals surface area contributed by atoms with Crippen LogP contribution in [0.25, 0.3) is 0 Å². The van der Waals surface area contributed by atoms with Crippen molar-refractivity contribution in [1.29, 1.82) is 0 Å². The number of benzene rings is 3. The highest BCUT2D eigenvalue weighted by atomic mass is 16.6. The standard InChI is InChI=1S/C25H24N2O5/c1-2-31-23(28)18-32-22-15-13-19(14-16-22)17-26-27-24(29)25(30,20-9-5-3-6-10-20)21-11-7-4-8-12-21/h3-17,30H,2,18H2,1H3,(H,27,29)/b26-17+. The molecule has 7 nitrogen and oxygen atoms in total. The molecule has 0 aliphatic heterocycles. The predicted octanol–water partition coefficient (Wildman–Crippen LogP) is 3.01. The number of amides is 1. The fourth-order valence-electron chi connectivity index (χ4n) is 3.03. The van der Waals surface area contributed by atoms with Gasteiger partial charge in [-0.3, -0.25) is 4.79 Å². The van der Waals surface area contributed by atoms with Crippen LogP contribution in [-0.4, -0.2) is 36.4 Å². The molecule has 3 rings (SSSR count). The number of carbonyl (C=O) groups excluding carboxylic acids is 2. The Kier molecular flexibility index (Phi) is 7.72. The van der Waals surface area contributed by atoms with E-state index in [1.807, 2.05) is 12.1 Å². The summed E-state index contributed by atoms with van der Waals surface area (Å²) in [4.78, 5) is 24.3. The normalized spacial score (nSPS) is 11.2. The maximum absolute atomic E-state index is 13.0. The van der Waals surface area contributed by atoms with Crippen LogP contribution < -0.4 is 10.2 Å². The molecule has 0 unspecified atom stereocenters. The first-order valence-electron chi connectivity index (χ1n) is 10.1. The third kappa shape index (κ3) is 5.59. The smallest absolute Gasteiger partial charge is 0.344 e. The van der Waals surface area contributed by atoms with Gasteiger partial charge in [0.15, 0.2) is 12.2 Å². The van der Waals surface area contributed by atoms with Crippen LogP contribution in [0.5, 0.6) is 5.75 Å². The maximum atomic E-state index is 13.0. The van der Waals surface area contributed by atoms with Crippen LogP contribution >= 0.6 is 0 Å². The number of rotatable bonds is 9. The molecule has 0 saturated carbocycles. The van der Waals surface area contributed by atoms with Gasteiger partial charge in [0.25, 0.3) is 5.91 Å². The lowest BCUT2D eigenvalue weighted by Crippen LogP contribution is -2.43. The maximum Gasteiger partial charge on any atom is 0.344 e. The zero-order chi connectivity index (χ0) is 22.8. The minimum atomic E-state index is -1.90. The summed E-state index contributed by atoms with van der Waals surface area (Å²) in [5.74, 6) is -0.618. The fraction of sp³-hybridized carbons (Fsp3) is 0.160. The number of hydrazone groups is 1. The molecule has 0 radical (unpaired) electrons. The minimum absolute atomic E-state index is 0.172. The van der Waals surface area contributed by atoms with E-state index in [0.29, 0.717) is 29.0 Å². The first kappa shape index (κ1) is 22.7. The van der Waals surface area contributed by atoms with E-state index in [9.17, 15) is 14.7 Å². The molecular weight excluding hydrogens is 408 g/mol. The Hall–Kier alpha value is -3.97. The van der Waals surface area contributed by atoms with Crippen molar-refractivity contribution >= 4 is 18.1 Å². The molecule has 164 valence electrons. The van der Waals surface area contributed by atoms with Gasteiger partial charge in [-0.2, -0.15) is 5.10 Å². The highest BCUT2D eigenvalue weighted by molar-refractivity contribution is 5.91. The number of nitrogens with zero attached hydrogens (tertiary/aromatic N) is 1. The lowest BCUT2D eigenvalue weighted by molar-refractivity contribution is -0.145. The van der Waals surface area contributed by atoms with Crippen LogP contribution in [0.2, 0.25) is 0 Å². The Morgan fingerprint density at radius 1 is 0.938 bits per heavy atom. The summed E-state index contributed by atoms with van der Waals surface area (Å²) in [5, 5.41) is 15.3. The van der Waals surface area contributed by atoms with Crippen molar-refractivity contribution < 1.29 is 24.2 Å². The molecule has 0 aliphatic rings. The van der Waals surface area contributed by atoms with Crippen molar-refractivity contribution in [3.05, 3.63) is 102 Å². The van der Waals surface area contributed by atoms with Crippen molar-refractivity contribution in [2.24, 2.45) is 5.10 Å². The Morgan fingerprint density at radius 2 is 1.50 bits per heavy atom. The third-order valence-corrected chi connectivity index (χ3v) is 4.63. The largest absolute Gasteiger partial charge is 0.482 e. The molecule has 0 saturated heterocycles. The second-order valence-electron chi connectivity index (χ2n) is 6.80. The molecule has 0 fully saturated rings. The lowest BCUT2D eigenvalue weighted by Gasteiger charge is -2.27. The van der Waals surface area contributed by atoms with Crippen LogP contribution in [0.4, 0.5) is 0 Å². The third-order valence-electron chi connectivity index (χ3n) is 4.63. The molecular formula is C25H24N2O5. The van der Waals surface area contributed by atoms with E-state index in [1.165, 1.54) is 6.21 Å². The molecule has 0 aliphatic carbocycles. The first-order chi connectivity index (χ1) is 15.5. The summed E-state index contributed by atoms with van der Waals surface area (Å²) < 4.78 is 10.1. The van der Waals surface area contributed by atoms with E-state index in [4.69, 9.17) is 9.47 Å². The second-order valence-corrected chi connectivity index (χ2v) is 6.80. The van der Waals surface area contributed by atoms with Crippen molar-refractivity contribution in [3.63, 3.8) is 0 Å². The summed E-state index contributed by atoms with van der Waals surface area (Å²) in [5.41, 5.74) is 2.08. The number of ether oxygens (including phenoxy) is 2. The molecule has 0 aromatic heterocycles. The van der Waals surface area contributed by atoms with Crippen LogP contribution in [0, 0.1) is 0 Å². The highest BCUT2D eigenvalue weighted by Gasteiger charge is 2.39. The lowest BCUT2D eigenvalue weighted by atomic mass is 9.85. The van der Waals surface area contributed by atoms with Gasteiger partial charge in [-0.05, 0) is 47.9 Å². The van der Waals surface area contributed by atoms with Gasteiger partial charge in [0.05, 0.1) is 12.8 Å². The average Bonchev–Trinajstić information content (AvgIpc) is 2.84. The quantitative estimate of drug-likeness (QED) is 0.308. The molecule has 0 heterocycles. The van der Waals surface area contributed by atoms with E-state index >= 15 is 0 Å². The number of hydrogen-bond donors (Lipinski definition) is 2. The number of nitrogens with one attached hydrogen (secondary N) is 1. The zero-order valence-corrected chi connectivity index (χ0v) is 17.6. The summed E-state index contributed by atoms with van der Waals surface area (Å²) in [6.07, 6.45) is 1.45. The Labute approximate surface area is 186 Å². The number of aliphatic hydroxyl groups is 1. The fourth-order valence-corrected chi connectivity index (χ4v) is 3.03. The molecule has 0 bridgehead atoms. The summed E-state index contributed by atoms with van der Waals surface area (Å²) in [7, 11) is 0. The molecule has 1 amide bonds. The summed E-state index contributed by atoms with van der Waals surface area (Å²) in [6, 6.07) is 24.2. The number of carbonyl (C=O) groups is 2. The molecule has 7 heteroatoms. The topological polar surface area (TPSA) is 97.2 Å². The van der Waals surface area contributed by atoms with E-state index in [1.54, 1.807) is 79.7 Å². The van der Waals surface area contributed by atoms with Gasteiger partial charge < -0.3 is 14.6 Å². The van der Waals surface area contributed by atoms with Crippen molar-refractivity contribution in [2.75, 3.05) is 13.2 Å². The van der Waals surface area contributed by atoms with Gasteiger partial charge in [0, 0.05) is 0 Å². The van der Waals surface area contributed by atoms with Gasteiger partial charge in [-0.1, -0.05) is 60.7 Å². The monoisotopic (exact) mass is 432 g/mol. The van der Waals surface area contributed by atoms with E-state index in [0.717, 1.165) is 0 Å². The van der Waals surface area contributed by atoms with Crippen LogP contribution in [0.1, 0.15) is 23.6 Å². The van der Waals surface area contributed by atoms with Gasteiger partial charge in [0.2, 0.25) is 0 Å². The molecule has 32 heavy (non-hydrogen) atoms. The SMILES string of the molecule is CCOC(=O)COc1ccc(/C=N/NC(=O)C(O)(c2ccccc2)c2ccccc2)cc1.